The molecule has 1 aliphatic heterocycles. The topological polar surface area (TPSA) is 41.6 Å². The van der Waals surface area contributed by atoms with Crippen LogP contribution in [0.1, 0.15) is 63.5 Å². The standard InChI is InChI=1S/C22H36N2O2/c1-5-19-10-7-8-14-24(19)15-9-13-23-22(25)21(6-2)26-20-12-11-17(3)18(4)16-20/h11-12,16,19,21H,5-10,13-15H2,1-4H3,(H,23,25). The molecule has 2 rings (SSSR count). The Hall–Kier alpha value is -1.55. The lowest BCUT2D eigenvalue weighted by Crippen LogP contribution is -2.42. The number of benzene rings is 1. The lowest BCUT2D eigenvalue weighted by molar-refractivity contribution is -0.128. The molecule has 1 aliphatic rings. The summed E-state index contributed by atoms with van der Waals surface area (Å²) in [7, 11) is 0. The molecule has 0 aromatic heterocycles. The fraction of sp³-hybridized carbons (Fsp3) is 0.682. The van der Waals surface area contributed by atoms with Crippen LogP contribution >= 0.6 is 0 Å². The Morgan fingerprint density at radius 2 is 2.08 bits per heavy atom. The van der Waals surface area contributed by atoms with Crippen LogP contribution < -0.4 is 10.1 Å². The third-order valence-electron chi connectivity index (χ3n) is 5.56. The summed E-state index contributed by atoms with van der Waals surface area (Å²) in [5.74, 6) is 0.769. The molecule has 4 nitrogen and oxygen atoms in total. The van der Waals surface area contributed by atoms with Crippen molar-refractivity contribution in [2.45, 2.75) is 78.4 Å². The van der Waals surface area contributed by atoms with Gasteiger partial charge in [0.05, 0.1) is 0 Å². The second-order valence-corrected chi connectivity index (χ2v) is 7.50. The minimum Gasteiger partial charge on any atom is -0.481 e. The number of nitrogens with zero attached hydrogens (tertiary/aromatic N) is 1. The zero-order valence-electron chi connectivity index (χ0n) is 17.0. The zero-order chi connectivity index (χ0) is 18.9. The maximum absolute atomic E-state index is 12.5. The third-order valence-corrected chi connectivity index (χ3v) is 5.56. The molecular formula is C22H36N2O2. The number of carbonyl (C=O) groups is 1. The molecule has 1 saturated heterocycles. The fourth-order valence-corrected chi connectivity index (χ4v) is 3.70. The van der Waals surface area contributed by atoms with Crippen molar-refractivity contribution in [3.8, 4) is 5.75 Å². The monoisotopic (exact) mass is 360 g/mol. The molecule has 1 aromatic rings. The number of ether oxygens (including phenoxy) is 1. The van der Waals surface area contributed by atoms with Gasteiger partial charge in [0, 0.05) is 19.1 Å². The highest BCUT2D eigenvalue weighted by Gasteiger charge is 2.21. The van der Waals surface area contributed by atoms with Gasteiger partial charge in [0.15, 0.2) is 6.10 Å². The second kappa shape index (κ2) is 10.6. The predicted octanol–water partition coefficient (Wildman–Crippen LogP) is 4.23. The summed E-state index contributed by atoms with van der Waals surface area (Å²) in [6.45, 7) is 11.4. The van der Waals surface area contributed by atoms with Gasteiger partial charge in [-0.05, 0) is 75.8 Å². The smallest absolute Gasteiger partial charge is 0.261 e. The van der Waals surface area contributed by atoms with Crippen molar-refractivity contribution in [2.24, 2.45) is 0 Å². The number of carbonyl (C=O) groups excluding carboxylic acids is 1. The van der Waals surface area contributed by atoms with Gasteiger partial charge in [-0.15, -0.1) is 0 Å². The molecule has 0 spiro atoms. The molecule has 2 unspecified atom stereocenters. The summed E-state index contributed by atoms with van der Waals surface area (Å²) in [6, 6.07) is 6.72. The molecule has 1 N–H and O–H groups in total. The minimum absolute atomic E-state index is 0.00332. The van der Waals surface area contributed by atoms with E-state index in [2.05, 4.69) is 31.0 Å². The molecule has 0 bridgehead atoms. The Balaban J connectivity index is 1.75. The zero-order valence-corrected chi connectivity index (χ0v) is 17.0. The number of hydrogen-bond acceptors (Lipinski definition) is 3. The average molecular weight is 361 g/mol. The van der Waals surface area contributed by atoms with Crippen LogP contribution in [-0.4, -0.2) is 42.6 Å². The van der Waals surface area contributed by atoms with Gasteiger partial charge in [-0.1, -0.05) is 26.3 Å². The molecule has 1 amide bonds. The maximum atomic E-state index is 12.5. The van der Waals surface area contributed by atoms with E-state index in [0.717, 1.165) is 31.3 Å². The van der Waals surface area contributed by atoms with Crippen LogP contribution in [0, 0.1) is 13.8 Å². The number of amides is 1. The van der Waals surface area contributed by atoms with E-state index in [1.807, 2.05) is 25.1 Å². The predicted molar refractivity (Wildman–Crippen MR) is 108 cm³/mol. The molecule has 1 aromatic carbocycles. The van der Waals surface area contributed by atoms with E-state index in [1.54, 1.807) is 0 Å². The van der Waals surface area contributed by atoms with Gasteiger partial charge in [-0.25, -0.2) is 0 Å². The van der Waals surface area contributed by atoms with Gasteiger partial charge in [-0.2, -0.15) is 0 Å². The lowest BCUT2D eigenvalue weighted by atomic mass is 10.00. The number of rotatable bonds is 9. The van der Waals surface area contributed by atoms with E-state index < -0.39 is 6.10 Å². The van der Waals surface area contributed by atoms with Gasteiger partial charge < -0.3 is 15.0 Å². The molecule has 26 heavy (non-hydrogen) atoms. The van der Waals surface area contributed by atoms with Crippen molar-refractivity contribution in [2.75, 3.05) is 19.6 Å². The highest BCUT2D eigenvalue weighted by atomic mass is 16.5. The van der Waals surface area contributed by atoms with Gasteiger partial charge in [0.1, 0.15) is 5.75 Å². The summed E-state index contributed by atoms with van der Waals surface area (Å²) >= 11 is 0. The normalized spacial score (nSPS) is 19.2. The Morgan fingerprint density at radius 1 is 1.27 bits per heavy atom. The van der Waals surface area contributed by atoms with Crippen molar-refractivity contribution < 1.29 is 9.53 Å². The molecule has 0 saturated carbocycles. The fourth-order valence-electron chi connectivity index (χ4n) is 3.70. The number of nitrogens with one attached hydrogen (secondary N) is 1. The van der Waals surface area contributed by atoms with Crippen LogP contribution in [0.4, 0.5) is 0 Å². The van der Waals surface area contributed by atoms with E-state index in [9.17, 15) is 4.79 Å². The summed E-state index contributed by atoms with van der Waals surface area (Å²) < 4.78 is 5.92. The molecule has 2 atom stereocenters. The van der Waals surface area contributed by atoms with E-state index in [-0.39, 0.29) is 5.91 Å². The Bertz CT molecular complexity index is 573. The molecular weight excluding hydrogens is 324 g/mol. The van der Waals surface area contributed by atoms with Crippen molar-refractivity contribution in [1.29, 1.82) is 0 Å². The lowest BCUT2D eigenvalue weighted by Gasteiger charge is -2.35. The van der Waals surface area contributed by atoms with Crippen molar-refractivity contribution in [1.82, 2.24) is 10.2 Å². The van der Waals surface area contributed by atoms with Crippen LogP contribution in [0.3, 0.4) is 0 Å². The maximum Gasteiger partial charge on any atom is 0.261 e. The highest BCUT2D eigenvalue weighted by Crippen LogP contribution is 2.20. The summed E-state index contributed by atoms with van der Waals surface area (Å²) in [4.78, 5) is 15.0. The van der Waals surface area contributed by atoms with Crippen molar-refractivity contribution in [3.63, 3.8) is 0 Å². The summed E-state index contributed by atoms with van der Waals surface area (Å²) in [5, 5.41) is 3.06. The SMILES string of the molecule is CCC(Oc1ccc(C)c(C)c1)C(=O)NCCCN1CCCCC1CC. The van der Waals surface area contributed by atoms with Crippen LogP contribution in [0.15, 0.2) is 18.2 Å². The van der Waals surface area contributed by atoms with Crippen molar-refractivity contribution >= 4 is 5.91 Å². The van der Waals surface area contributed by atoms with Gasteiger partial charge >= 0.3 is 0 Å². The highest BCUT2D eigenvalue weighted by molar-refractivity contribution is 5.81. The summed E-state index contributed by atoms with van der Waals surface area (Å²) in [5.41, 5.74) is 2.42. The van der Waals surface area contributed by atoms with Crippen molar-refractivity contribution in [3.05, 3.63) is 29.3 Å². The molecule has 1 fully saturated rings. The molecule has 4 heteroatoms. The molecule has 1 heterocycles. The first-order valence-electron chi connectivity index (χ1n) is 10.3. The van der Waals surface area contributed by atoms with Crippen LogP contribution in [0.25, 0.3) is 0 Å². The number of aryl methyl sites for hydroxylation is 2. The third kappa shape index (κ3) is 6.01. The first-order valence-corrected chi connectivity index (χ1v) is 10.3. The number of likely N-dealkylation sites (tertiary alicyclic amines) is 1. The average Bonchev–Trinajstić information content (AvgIpc) is 2.66. The second-order valence-electron chi connectivity index (χ2n) is 7.50. The Morgan fingerprint density at radius 3 is 2.77 bits per heavy atom. The molecule has 0 aliphatic carbocycles. The van der Waals surface area contributed by atoms with Crippen LogP contribution in [-0.2, 0) is 4.79 Å². The Kier molecular flexibility index (Phi) is 8.43. The number of piperidine rings is 1. The van der Waals surface area contributed by atoms with Gasteiger partial charge in [0.25, 0.3) is 5.91 Å². The Labute approximate surface area is 159 Å². The van der Waals surface area contributed by atoms with Gasteiger partial charge in [-0.3, -0.25) is 4.79 Å². The van der Waals surface area contributed by atoms with Gasteiger partial charge in [0.2, 0.25) is 0 Å². The molecule has 146 valence electrons. The molecule has 0 radical (unpaired) electrons. The van der Waals surface area contributed by atoms with Crippen LogP contribution in [0.5, 0.6) is 5.75 Å². The van der Waals surface area contributed by atoms with E-state index in [4.69, 9.17) is 4.74 Å². The summed E-state index contributed by atoms with van der Waals surface area (Å²) in [6.07, 6.45) is 6.48. The number of hydrogen-bond donors (Lipinski definition) is 1. The first kappa shape index (κ1) is 20.8. The first-order chi connectivity index (χ1) is 12.5. The quantitative estimate of drug-likeness (QED) is 0.670. The largest absolute Gasteiger partial charge is 0.481 e. The van der Waals surface area contributed by atoms with E-state index >= 15 is 0 Å². The van der Waals surface area contributed by atoms with E-state index in [1.165, 1.54) is 43.4 Å². The minimum atomic E-state index is -0.421. The van der Waals surface area contributed by atoms with Crippen LogP contribution in [0.2, 0.25) is 0 Å². The van der Waals surface area contributed by atoms with E-state index in [0.29, 0.717) is 6.42 Å².